The zero-order chi connectivity index (χ0) is 25.5. The van der Waals surface area contributed by atoms with Gasteiger partial charge in [-0.2, -0.15) is 5.10 Å². The summed E-state index contributed by atoms with van der Waals surface area (Å²) in [6.07, 6.45) is 9.74. The second-order valence-corrected chi connectivity index (χ2v) is 9.30. The van der Waals surface area contributed by atoms with Crippen molar-refractivity contribution < 1.29 is 19.1 Å². The predicted molar refractivity (Wildman–Crippen MR) is 142 cm³/mol. The van der Waals surface area contributed by atoms with Crippen LogP contribution in [0.2, 0.25) is 0 Å². The van der Waals surface area contributed by atoms with E-state index >= 15 is 0 Å². The fourth-order valence-corrected chi connectivity index (χ4v) is 3.75. The Hall–Kier alpha value is -3.00. The lowest BCUT2D eigenvalue weighted by Gasteiger charge is -2.08. The monoisotopic (exact) mass is 543 g/mol. The number of hydrogen-bond donors (Lipinski definition) is 2. The lowest BCUT2D eigenvalue weighted by molar-refractivity contribution is -0.126. The quantitative estimate of drug-likeness (QED) is 0.105. The number of halogens is 1. The molecule has 0 aromatic heterocycles. The summed E-state index contributed by atoms with van der Waals surface area (Å²) in [6.45, 7) is 3.93. The number of esters is 1. The van der Waals surface area contributed by atoms with Gasteiger partial charge in [0.05, 0.1) is 18.3 Å². The maximum Gasteiger partial charge on any atom is 0.343 e. The number of nitrogens with one attached hydrogen (secondary N) is 2. The van der Waals surface area contributed by atoms with Gasteiger partial charge < -0.3 is 10.1 Å². The Kier molecular flexibility index (Phi) is 12.8. The Morgan fingerprint density at radius 3 is 2.46 bits per heavy atom. The van der Waals surface area contributed by atoms with Crippen molar-refractivity contribution in [1.29, 1.82) is 0 Å². The van der Waals surface area contributed by atoms with Gasteiger partial charge in [0, 0.05) is 16.5 Å². The number of carbonyl (C=O) groups excluding carboxylic acids is 3. The topological polar surface area (TPSA) is 96.9 Å². The van der Waals surface area contributed by atoms with E-state index in [0.29, 0.717) is 23.3 Å². The van der Waals surface area contributed by atoms with E-state index in [0.717, 1.165) is 29.3 Å². The van der Waals surface area contributed by atoms with E-state index in [1.165, 1.54) is 31.9 Å². The molecule has 0 aliphatic heterocycles. The third kappa shape index (κ3) is 11.3. The summed E-state index contributed by atoms with van der Waals surface area (Å²) in [6, 6.07) is 12.2. The first-order valence-corrected chi connectivity index (χ1v) is 12.9. The molecule has 0 bridgehead atoms. The molecule has 2 rings (SSSR count). The fourth-order valence-electron chi connectivity index (χ4n) is 3.37. The van der Waals surface area contributed by atoms with Gasteiger partial charge in [-0.3, -0.25) is 9.59 Å². The van der Waals surface area contributed by atoms with Crippen LogP contribution in [0.25, 0.3) is 0 Å². The number of hydrazone groups is 1. The molecule has 188 valence electrons. The SMILES string of the molecule is CCCCCCCCCC(=O)NCC(=O)NN=Cc1cc(Br)ccc1OC(=O)c1cccc(C)c1. The van der Waals surface area contributed by atoms with Gasteiger partial charge in [-0.25, -0.2) is 10.2 Å². The van der Waals surface area contributed by atoms with E-state index in [9.17, 15) is 14.4 Å². The molecule has 0 radical (unpaired) electrons. The van der Waals surface area contributed by atoms with E-state index in [1.807, 2.05) is 13.0 Å². The van der Waals surface area contributed by atoms with Crippen molar-refractivity contribution in [2.45, 2.75) is 65.2 Å². The normalized spacial score (nSPS) is 10.8. The Labute approximate surface area is 215 Å². The lowest BCUT2D eigenvalue weighted by Crippen LogP contribution is -2.34. The Bertz CT molecular complexity index is 1020. The summed E-state index contributed by atoms with van der Waals surface area (Å²) in [5.41, 5.74) is 4.28. The van der Waals surface area contributed by atoms with Crippen molar-refractivity contribution >= 4 is 39.9 Å². The summed E-state index contributed by atoms with van der Waals surface area (Å²) in [5.74, 6) is -0.767. The third-order valence-corrected chi connectivity index (χ3v) is 5.77. The van der Waals surface area contributed by atoms with Crippen LogP contribution in [0.1, 0.15) is 79.8 Å². The fraction of sp³-hybridized carbons (Fsp3) is 0.407. The second-order valence-electron chi connectivity index (χ2n) is 8.38. The largest absolute Gasteiger partial charge is 0.422 e. The number of aryl methyl sites for hydroxylation is 1. The number of rotatable bonds is 14. The van der Waals surface area contributed by atoms with Crippen LogP contribution in [-0.2, 0) is 9.59 Å². The smallest absolute Gasteiger partial charge is 0.343 e. The minimum Gasteiger partial charge on any atom is -0.422 e. The molecule has 35 heavy (non-hydrogen) atoms. The van der Waals surface area contributed by atoms with E-state index < -0.39 is 11.9 Å². The highest BCUT2D eigenvalue weighted by Crippen LogP contribution is 2.23. The molecule has 0 atom stereocenters. The molecule has 0 aliphatic carbocycles. The zero-order valence-electron chi connectivity index (χ0n) is 20.4. The number of amides is 2. The molecular weight excluding hydrogens is 510 g/mol. The van der Waals surface area contributed by atoms with E-state index in [4.69, 9.17) is 4.74 Å². The molecule has 2 N–H and O–H groups in total. The average Bonchev–Trinajstić information content (AvgIpc) is 2.83. The van der Waals surface area contributed by atoms with Crippen molar-refractivity contribution in [2.75, 3.05) is 6.54 Å². The minimum atomic E-state index is -0.488. The maximum absolute atomic E-state index is 12.5. The molecule has 0 saturated carbocycles. The summed E-state index contributed by atoms with van der Waals surface area (Å²) in [7, 11) is 0. The number of benzene rings is 2. The highest BCUT2D eigenvalue weighted by molar-refractivity contribution is 9.10. The molecule has 0 heterocycles. The van der Waals surface area contributed by atoms with Crippen LogP contribution in [0.15, 0.2) is 52.0 Å². The first kappa shape index (κ1) is 28.2. The third-order valence-electron chi connectivity index (χ3n) is 5.27. The van der Waals surface area contributed by atoms with Crippen molar-refractivity contribution in [3.05, 3.63) is 63.6 Å². The molecule has 8 heteroatoms. The van der Waals surface area contributed by atoms with Crippen LogP contribution in [-0.4, -0.2) is 30.5 Å². The standard InChI is InChI=1S/C27H34BrN3O4/c1-3-4-5-6-7-8-9-13-25(32)29-19-26(33)31-30-18-22-17-23(28)14-15-24(22)35-27(34)21-12-10-11-20(2)16-21/h10-12,14-18H,3-9,13,19H2,1-2H3,(H,29,32)(H,31,33). The molecule has 2 aromatic rings. The van der Waals surface area contributed by atoms with Crippen molar-refractivity contribution in [1.82, 2.24) is 10.7 Å². The lowest BCUT2D eigenvalue weighted by atomic mass is 10.1. The Morgan fingerprint density at radius 2 is 1.71 bits per heavy atom. The van der Waals surface area contributed by atoms with Crippen LogP contribution >= 0.6 is 15.9 Å². The predicted octanol–water partition coefficient (Wildman–Crippen LogP) is 5.68. The number of hydrogen-bond acceptors (Lipinski definition) is 5. The molecule has 0 aliphatic rings. The van der Waals surface area contributed by atoms with Crippen LogP contribution < -0.4 is 15.5 Å². The minimum absolute atomic E-state index is 0.143. The van der Waals surface area contributed by atoms with Crippen LogP contribution in [0.4, 0.5) is 0 Å². The molecule has 0 spiro atoms. The van der Waals surface area contributed by atoms with Gasteiger partial charge >= 0.3 is 5.97 Å². The van der Waals surface area contributed by atoms with Gasteiger partial charge in [-0.15, -0.1) is 0 Å². The maximum atomic E-state index is 12.5. The summed E-state index contributed by atoms with van der Waals surface area (Å²) in [5, 5.41) is 6.55. The van der Waals surface area contributed by atoms with Crippen LogP contribution in [0.5, 0.6) is 5.75 Å². The van der Waals surface area contributed by atoms with Crippen molar-refractivity contribution in [2.24, 2.45) is 5.10 Å². The summed E-state index contributed by atoms with van der Waals surface area (Å²) in [4.78, 5) is 36.4. The van der Waals surface area contributed by atoms with Gasteiger partial charge in [-0.05, 0) is 43.7 Å². The summed E-state index contributed by atoms with van der Waals surface area (Å²) >= 11 is 3.38. The van der Waals surface area contributed by atoms with E-state index in [-0.39, 0.29) is 12.5 Å². The highest BCUT2D eigenvalue weighted by Gasteiger charge is 2.12. The van der Waals surface area contributed by atoms with Gasteiger partial charge in [0.25, 0.3) is 5.91 Å². The molecule has 0 unspecified atom stereocenters. The van der Waals surface area contributed by atoms with Gasteiger partial charge in [0.1, 0.15) is 5.75 Å². The van der Waals surface area contributed by atoms with E-state index in [2.05, 4.69) is 38.7 Å². The van der Waals surface area contributed by atoms with E-state index in [1.54, 1.807) is 36.4 Å². The highest BCUT2D eigenvalue weighted by atomic mass is 79.9. The van der Waals surface area contributed by atoms with Crippen molar-refractivity contribution in [3.8, 4) is 5.75 Å². The first-order chi connectivity index (χ1) is 16.9. The first-order valence-electron chi connectivity index (χ1n) is 12.1. The zero-order valence-corrected chi connectivity index (χ0v) is 22.0. The Balaban J connectivity index is 1.78. The summed E-state index contributed by atoms with van der Waals surface area (Å²) < 4.78 is 6.29. The number of ether oxygens (including phenoxy) is 1. The van der Waals surface area contributed by atoms with Gasteiger partial charge in [0.2, 0.25) is 5.91 Å². The van der Waals surface area contributed by atoms with Crippen LogP contribution in [0.3, 0.4) is 0 Å². The Morgan fingerprint density at radius 1 is 0.971 bits per heavy atom. The second kappa shape index (κ2) is 15.8. The molecule has 0 fully saturated rings. The number of unbranched alkanes of at least 4 members (excludes halogenated alkanes) is 6. The number of nitrogens with zero attached hydrogens (tertiary/aromatic N) is 1. The van der Waals surface area contributed by atoms with Crippen molar-refractivity contribution in [3.63, 3.8) is 0 Å². The molecular formula is C27H34BrN3O4. The molecule has 2 amide bonds. The number of carbonyl (C=O) groups is 3. The van der Waals surface area contributed by atoms with Gasteiger partial charge in [-0.1, -0.05) is 79.1 Å². The molecule has 7 nitrogen and oxygen atoms in total. The van der Waals surface area contributed by atoms with Crippen LogP contribution in [0, 0.1) is 6.92 Å². The van der Waals surface area contributed by atoms with Gasteiger partial charge in [0.15, 0.2) is 0 Å². The molecule has 2 aromatic carbocycles. The molecule has 0 saturated heterocycles. The average molecular weight is 544 g/mol.